The molecule has 2 aliphatic heterocycles. The van der Waals surface area contributed by atoms with E-state index in [2.05, 4.69) is 17.9 Å². The van der Waals surface area contributed by atoms with Gasteiger partial charge in [-0.15, -0.1) is 0 Å². The molecule has 1 aromatic carbocycles. The minimum Gasteiger partial charge on any atom is -0.349 e. The predicted molar refractivity (Wildman–Crippen MR) is 76.3 cm³/mol. The van der Waals surface area contributed by atoms with E-state index in [0.29, 0.717) is 6.61 Å². The fourth-order valence-electron chi connectivity index (χ4n) is 4.50. The van der Waals surface area contributed by atoms with Crippen LogP contribution in [0.3, 0.4) is 0 Å². The number of carbonyl (C=O) groups excluding carboxylic acids is 1. The highest BCUT2D eigenvalue weighted by molar-refractivity contribution is 6.00. The molecule has 1 aliphatic carbocycles. The van der Waals surface area contributed by atoms with E-state index in [4.69, 9.17) is 4.74 Å². The average Bonchev–Trinajstić information content (AvgIpc) is 2.95. The second-order valence-electron chi connectivity index (χ2n) is 6.40. The van der Waals surface area contributed by atoms with Crippen molar-refractivity contribution in [1.29, 1.82) is 0 Å². The van der Waals surface area contributed by atoms with Gasteiger partial charge in [0, 0.05) is 11.1 Å². The van der Waals surface area contributed by atoms with E-state index in [-0.39, 0.29) is 11.4 Å². The molecule has 3 heteroatoms. The molecule has 3 aliphatic rings. The fourth-order valence-corrected chi connectivity index (χ4v) is 4.50. The summed E-state index contributed by atoms with van der Waals surface area (Å²) in [5, 5.41) is 0. The second kappa shape index (κ2) is 4.08. The Balaban J connectivity index is 1.87. The number of fused-ring (bicyclic) bond motifs is 4. The van der Waals surface area contributed by atoms with Gasteiger partial charge in [0.25, 0.3) is 5.91 Å². The van der Waals surface area contributed by atoms with Gasteiger partial charge in [0.15, 0.2) is 5.72 Å². The van der Waals surface area contributed by atoms with Crippen molar-refractivity contribution in [3.8, 4) is 0 Å². The second-order valence-corrected chi connectivity index (χ2v) is 6.40. The van der Waals surface area contributed by atoms with Crippen LogP contribution in [0.25, 0.3) is 0 Å². The van der Waals surface area contributed by atoms with Gasteiger partial charge in [0.2, 0.25) is 0 Å². The SMILES string of the molecule is CC[C@@]12OCC3(CCCCC3)N1C(=O)c1ccccc12. The summed E-state index contributed by atoms with van der Waals surface area (Å²) < 4.78 is 6.31. The minimum absolute atomic E-state index is 0.0512. The summed E-state index contributed by atoms with van der Waals surface area (Å²) >= 11 is 0. The molecule has 0 aromatic heterocycles. The van der Waals surface area contributed by atoms with Gasteiger partial charge >= 0.3 is 0 Å². The van der Waals surface area contributed by atoms with Crippen LogP contribution in [0.15, 0.2) is 24.3 Å². The number of rotatable bonds is 1. The molecule has 0 N–H and O–H groups in total. The van der Waals surface area contributed by atoms with E-state index in [9.17, 15) is 4.79 Å². The quantitative estimate of drug-likeness (QED) is 0.783. The molecule has 20 heavy (non-hydrogen) atoms. The lowest BCUT2D eigenvalue weighted by molar-refractivity contribution is -0.0751. The first kappa shape index (κ1) is 12.4. The van der Waals surface area contributed by atoms with Crippen molar-refractivity contribution < 1.29 is 9.53 Å². The van der Waals surface area contributed by atoms with E-state index in [1.54, 1.807) is 0 Å². The van der Waals surface area contributed by atoms with E-state index < -0.39 is 5.72 Å². The van der Waals surface area contributed by atoms with Crippen LogP contribution in [0.2, 0.25) is 0 Å². The Morgan fingerprint density at radius 2 is 1.95 bits per heavy atom. The molecule has 0 radical (unpaired) electrons. The number of nitrogens with zero attached hydrogens (tertiary/aromatic N) is 1. The average molecular weight is 271 g/mol. The minimum atomic E-state index is -0.495. The Morgan fingerprint density at radius 1 is 1.20 bits per heavy atom. The lowest BCUT2D eigenvalue weighted by atomic mass is 9.81. The van der Waals surface area contributed by atoms with E-state index >= 15 is 0 Å². The Bertz CT molecular complexity index is 562. The van der Waals surface area contributed by atoms with E-state index in [0.717, 1.165) is 30.4 Å². The molecule has 4 rings (SSSR count). The third-order valence-electron chi connectivity index (χ3n) is 5.46. The van der Waals surface area contributed by atoms with Crippen molar-refractivity contribution in [2.75, 3.05) is 6.61 Å². The molecule has 3 nitrogen and oxygen atoms in total. The van der Waals surface area contributed by atoms with Crippen LogP contribution in [0.5, 0.6) is 0 Å². The standard InChI is InChI=1S/C17H21NO2/c1-2-17-14-9-5-4-8-13(14)15(19)18(17)16(12-20-17)10-6-3-7-11-16/h4-5,8-9H,2-3,6-7,10-12H2,1H3/t17-/m0/s1. The molecule has 1 saturated heterocycles. The monoisotopic (exact) mass is 271 g/mol. The van der Waals surface area contributed by atoms with Gasteiger partial charge in [0.05, 0.1) is 12.1 Å². The molecular formula is C17H21NO2. The first-order valence-electron chi connectivity index (χ1n) is 7.82. The van der Waals surface area contributed by atoms with Crippen LogP contribution >= 0.6 is 0 Å². The van der Waals surface area contributed by atoms with Gasteiger partial charge in [-0.05, 0) is 25.3 Å². The summed E-state index contributed by atoms with van der Waals surface area (Å²) in [5.41, 5.74) is 1.38. The maximum Gasteiger partial charge on any atom is 0.257 e. The van der Waals surface area contributed by atoms with E-state index in [1.807, 2.05) is 18.2 Å². The number of hydrogen-bond acceptors (Lipinski definition) is 2. The Kier molecular flexibility index (Phi) is 2.53. The summed E-state index contributed by atoms with van der Waals surface area (Å²) in [6.45, 7) is 2.84. The van der Waals surface area contributed by atoms with Gasteiger partial charge in [-0.2, -0.15) is 0 Å². The van der Waals surface area contributed by atoms with Gasteiger partial charge in [-0.1, -0.05) is 44.4 Å². The summed E-state index contributed by atoms with van der Waals surface area (Å²) in [7, 11) is 0. The summed E-state index contributed by atoms with van der Waals surface area (Å²) in [4.78, 5) is 15.1. The zero-order chi connectivity index (χ0) is 13.8. The van der Waals surface area contributed by atoms with Crippen molar-refractivity contribution in [3.05, 3.63) is 35.4 Å². The number of hydrogen-bond donors (Lipinski definition) is 0. The molecule has 1 aromatic rings. The van der Waals surface area contributed by atoms with Crippen molar-refractivity contribution in [1.82, 2.24) is 4.90 Å². The highest BCUT2D eigenvalue weighted by Gasteiger charge is 2.62. The molecule has 1 amide bonds. The zero-order valence-corrected chi connectivity index (χ0v) is 12.0. The molecule has 2 heterocycles. The molecule has 0 unspecified atom stereocenters. The van der Waals surface area contributed by atoms with Crippen molar-refractivity contribution >= 4 is 5.91 Å². The Hall–Kier alpha value is -1.35. The highest BCUT2D eigenvalue weighted by Crippen LogP contribution is 2.54. The topological polar surface area (TPSA) is 29.5 Å². The van der Waals surface area contributed by atoms with Crippen LogP contribution < -0.4 is 0 Å². The molecule has 106 valence electrons. The van der Waals surface area contributed by atoms with E-state index in [1.165, 1.54) is 19.3 Å². The maximum absolute atomic E-state index is 13.0. The van der Waals surface area contributed by atoms with Gasteiger partial charge in [-0.3, -0.25) is 9.69 Å². The van der Waals surface area contributed by atoms with Crippen LogP contribution in [0, 0.1) is 0 Å². The number of benzene rings is 1. The number of amides is 1. The first-order chi connectivity index (χ1) is 9.73. The molecule has 1 saturated carbocycles. The van der Waals surface area contributed by atoms with Crippen LogP contribution in [0.1, 0.15) is 61.4 Å². The predicted octanol–water partition coefficient (Wildman–Crippen LogP) is 3.44. The van der Waals surface area contributed by atoms with Gasteiger partial charge in [-0.25, -0.2) is 0 Å². The Morgan fingerprint density at radius 3 is 2.70 bits per heavy atom. The van der Waals surface area contributed by atoms with Gasteiger partial charge in [0.1, 0.15) is 0 Å². The zero-order valence-electron chi connectivity index (χ0n) is 12.0. The van der Waals surface area contributed by atoms with Crippen LogP contribution in [0.4, 0.5) is 0 Å². The van der Waals surface area contributed by atoms with Crippen LogP contribution in [-0.4, -0.2) is 23.0 Å². The lowest BCUT2D eigenvalue weighted by Crippen LogP contribution is -2.53. The summed E-state index contributed by atoms with van der Waals surface area (Å²) in [6, 6.07) is 7.99. The molecule has 2 fully saturated rings. The van der Waals surface area contributed by atoms with Crippen molar-refractivity contribution in [2.45, 2.75) is 56.7 Å². The fraction of sp³-hybridized carbons (Fsp3) is 0.588. The normalized spacial score (nSPS) is 30.6. The first-order valence-corrected chi connectivity index (χ1v) is 7.82. The number of carbonyl (C=O) groups is 1. The van der Waals surface area contributed by atoms with Crippen molar-refractivity contribution in [3.63, 3.8) is 0 Å². The lowest BCUT2D eigenvalue weighted by Gasteiger charge is -2.42. The largest absolute Gasteiger partial charge is 0.349 e. The summed E-state index contributed by atoms with van der Waals surface area (Å²) in [6.07, 6.45) is 6.73. The van der Waals surface area contributed by atoms with Crippen molar-refractivity contribution in [2.24, 2.45) is 0 Å². The maximum atomic E-state index is 13.0. The third kappa shape index (κ3) is 1.32. The van der Waals surface area contributed by atoms with Gasteiger partial charge < -0.3 is 4.74 Å². The highest BCUT2D eigenvalue weighted by atomic mass is 16.5. The summed E-state index contributed by atoms with van der Waals surface area (Å²) in [5.74, 6) is 0.182. The molecule has 0 bridgehead atoms. The molecule has 1 atom stereocenters. The van der Waals surface area contributed by atoms with Crippen LogP contribution in [-0.2, 0) is 10.5 Å². The number of ether oxygens (including phenoxy) is 1. The molecule has 1 spiro atoms. The smallest absolute Gasteiger partial charge is 0.257 e. The molecular weight excluding hydrogens is 250 g/mol. The third-order valence-corrected chi connectivity index (χ3v) is 5.46. The Labute approximate surface area is 119 Å².